The molecule has 3 N–H and O–H groups in total. The Morgan fingerprint density at radius 1 is 0.868 bits per heavy atom. The smallest absolute Gasteiger partial charge is 0.324 e. The molecule has 0 saturated carbocycles. The molecule has 3 amide bonds. The number of ether oxygens (including phenoxy) is 1. The summed E-state index contributed by atoms with van der Waals surface area (Å²) in [4.78, 5) is 28.8. The normalized spacial score (nSPS) is 11.1. The predicted octanol–water partition coefficient (Wildman–Crippen LogP) is 5.98. The van der Waals surface area contributed by atoms with Crippen molar-refractivity contribution < 1.29 is 14.3 Å². The first-order chi connectivity index (χ1) is 18.0. The minimum atomic E-state index is -0.394. The summed E-state index contributed by atoms with van der Waals surface area (Å²) < 4.78 is 7.59. The van der Waals surface area contributed by atoms with Gasteiger partial charge in [-0.3, -0.25) is 15.1 Å². The van der Waals surface area contributed by atoms with Crippen molar-refractivity contribution in [3.05, 3.63) is 89.4 Å². The van der Waals surface area contributed by atoms with E-state index in [2.05, 4.69) is 47.8 Å². The van der Waals surface area contributed by atoms with Crippen LogP contribution in [0.15, 0.2) is 66.9 Å². The Balaban J connectivity index is 1.48. The van der Waals surface area contributed by atoms with Gasteiger partial charge in [-0.2, -0.15) is 5.10 Å². The van der Waals surface area contributed by atoms with Crippen molar-refractivity contribution in [3.8, 4) is 17.2 Å². The number of rotatable bonds is 6. The van der Waals surface area contributed by atoms with Crippen LogP contribution in [0.1, 0.15) is 48.1 Å². The fourth-order valence-corrected chi connectivity index (χ4v) is 3.85. The summed E-state index contributed by atoms with van der Waals surface area (Å²) in [7, 11) is 1.54. The fraction of sp³-hybridized carbons (Fsp3) is 0.241. The molecular formula is C29H32N6O3. The van der Waals surface area contributed by atoms with Gasteiger partial charge in [-0.1, -0.05) is 26.8 Å². The minimum absolute atomic E-state index is 0.192. The summed E-state index contributed by atoms with van der Waals surface area (Å²) in [5, 5.41) is 13.1. The number of hydrogen-bond donors (Lipinski definition) is 3. The van der Waals surface area contributed by atoms with Gasteiger partial charge < -0.3 is 15.4 Å². The number of nitrogens with one attached hydrogen (secondary N) is 3. The van der Waals surface area contributed by atoms with Crippen LogP contribution in [0.5, 0.6) is 11.5 Å². The van der Waals surface area contributed by atoms with Crippen molar-refractivity contribution in [3.63, 3.8) is 0 Å². The van der Waals surface area contributed by atoms with Crippen LogP contribution in [0.3, 0.4) is 0 Å². The lowest BCUT2D eigenvalue weighted by molar-refractivity contribution is 0.0957. The number of urea groups is 1. The molecule has 0 aliphatic rings. The van der Waals surface area contributed by atoms with Gasteiger partial charge in [0.05, 0.1) is 11.4 Å². The topological polar surface area (TPSA) is 110 Å². The number of aromatic nitrogens is 3. The number of pyridine rings is 1. The van der Waals surface area contributed by atoms with Gasteiger partial charge in [-0.25, -0.2) is 9.48 Å². The molecule has 0 atom stereocenters. The van der Waals surface area contributed by atoms with Gasteiger partial charge in [0.25, 0.3) is 5.91 Å². The molecule has 0 unspecified atom stereocenters. The Labute approximate surface area is 222 Å². The van der Waals surface area contributed by atoms with Crippen LogP contribution in [0.25, 0.3) is 5.69 Å². The van der Waals surface area contributed by atoms with Crippen molar-refractivity contribution >= 4 is 23.4 Å². The average molecular weight is 513 g/mol. The number of nitrogens with zero attached hydrogens (tertiary/aromatic N) is 3. The Bertz CT molecular complexity index is 1450. The molecule has 0 saturated heterocycles. The van der Waals surface area contributed by atoms with Crippen LogP contribution in [0.2, 0.25) is 0 Å². The monoisotopic (exact) mass is 512 g/mol. The molecular weight excluding hydrogens is 480 g/mol. The van der Waals surface area contributed by atoms with Gasteiger partial charge in [-0.05, 0) is 67.4 Å². The van der Waals surface area contributed by atoms with E-state index in [-0.39, 0.29) is 17.0 Å². The third-order valence-corrected chi connectivity index (χ3v) is 5.71. The molecule has 0 bridgehead atoms. The quantitative estimate of drug-likeness (QED) is 0.294. The molecule has 196 valence electrons. The molecule has 9 nitrogen and oxygen atoms in total. The predicted molar refractivity (Wildman–Crippen MR) is 149 cm³/mol. The first-order valence-corrected chi connectivity index (χ1v) is 12.2. The van der Waals surface area contributed by atoms with Crippen molar-refractivity contribution in [1.82, 2.24) is 20.1 Å². The second-order valence-electron chi connectivity index (χ2n) is 10.1. The number of aryl methyl sites for hydroxylation is 2. The van der Waals surface area contributed by atoms with E-state index in [4.69, 9.17) is 9.84 Å². The Morgan fingerprint density at radius 2 is 1.55 bits per heavy atom. The van der Waals surface area contributed by atoms with Gasteiger partial charge in [0, 0.05) is 36.5 Å². The SMILES string of the molecule is CNC(=O)c1cc(Oc2ccc(NC(=O)Nc3cc(C(C)(C)C)nn3-c3cc(C)cc(C)c3)cc2)ccn1. The lowest BCUT2D eigenvalue weighted by Gasteiger charge is -2.14. The second kappa shape index (κ2) is 10.8. The summed E-state index contributed by atoms with van der Waals surface area (Å²) in [6, 6.07) is 17.8. The molecule has 2 heterocycles. The van der Waals surface area contributed by atoms with Gasteiger partial charge in [0.1, 0.15) is 23.0 Å². The molecule has 0 spiro atoms. The molecule has 0 aliphatic heterocycles. The number of anilines is 2. The third-order valence-electron chi connectivity index (χ3n) is 5.71. The summed E-state index contributed by atoms with van der Waals surface area (Å²) in [5.74, 6) is 1.30. The van der Waals surface area contributed by atoms with Gasteiger partial charge in [0.2, 0.25) is 0 Å². The van der Waals surface area contributed by atoms with Crippen molar-refractivity contribution in [1.29, 1.82) is 0 Å². The molecule has 38 heavy (non-hydrogen) atoms. The zero-order chi connectivity index (χ0) is 27.4. The van der Waals surface area contributed by atoms with Crippen LogP contribution in [0, 0.1) is 13.8 Å². The highest BCUT2D eigenvalue weighted by Crippen LogP contribution is 2.28. The molecule has 0 fully saturated rings. The van der Waals surface area contributed by atoms with E-state index in [1.807, 2.05) is 32.0 Å². The van der Waals surface area contributed by atoms with Gasteiger partial charge >= 0.3 is 6.03 Å². The maximum absolute atomic E-state index is 12.9. The highest BCUT2D eigenvalue weighted by Gasteiger charge is 2.22. The largest absolute Gasteiger partial charge is 0.457 e. The summed E-state index contributed by atoms with van der Waals surface area (Å²) in [6.45, 7) is 10.3. The minimum Gasteiger partial charge on any atom is -0.457 e. The Kier molecular flexibility index (Phi) is 7.47. The lowest BCUT2D eigenvalue weighted by atomic mass is 9.92. The first kappa shape index (κ1) is 26.4. The van der Waals surface area contributed by atoms with Gasteiger partial charge in [-0.15, -0.1) is 0 Å². The van der Waals surface area contributed by atoms with E-state index in [0.29, 0.717) is 23.0 Å². The zero-order valence-electron chi connectivity index (χ0n) is 22.4. The van der Waals surface area contributed by atoms with Crippen molar-refractivity contribution in [2.24, 2.45) is 0 Å². The molecule has 0 radical (unpaired) electrons. The molecule has 2 aromatic carbocycles. The first-order valence-electron chi connectivity index (χ1n) is 12.2. The zero-order valence-corrected chi connectivity index (χ0v) is 22.4. The lowest BCUT2D eigenvalue weighted by Crippen LogP contribution is -2.21. The molecule has 0 aliphatic carbocycles. The van der Waals surface area contributed by atoms with Crippen LogP contribution in [-0.2, 0) is 5.41 Å². The standard InChI is InChI=1S/C29H32N6O3/c1-18-13-19(2)15-21(14-18)35-26(17-25(34-35)29(3,4)5)33-28(37)32-20-7-9-22(10-8-20)38-23-11-12-31-24(16-23)27(36)30-6/h7-17H,1-6H3,(H,30,36)(H2,32,33,37). The number of hydrogen-bond acceptors (Lipinski definition) is 5. The Morgan fingerprint density at radius 3 is 2.18 bits per heavy atom. The molecule has 9 heteroatoms. The maximum atomic E-state index is 12.9. The average Bonchev–Trinajstić information content (AvgIpc) is 3.28. The number of carbonyl (C=O) groups is 2. The summed E-state index contributed by atoms with van der Waals surface area (Å²) in [6.07, 6.45) is 1.51. The third kappa shape index (κ3) is 6.36. The van der Waals surface area contributed by atoms with E-state index >= 15 is 0 Å². The Hall–Kier alpha value is -4.66. The number of carbonyl (C=O) groups excluding carboxylic acids is 2. The molecule has 4 aromatic rings. The van der Waals surface area contributed by atoms with Crippen LogP contribution < -0.4 is 20.7 Å². The highest BCUT2D eigenvalue weighted by molar-refractivity contribution is 5.99. The van der Waals surface area contributed by atoms with Crippen molar-refractivity contribution in [2.75, 3.05) is 17.7 Å². The summed E-state index contributed by atoms with van der Waals surface area (Å²) >= 11 is 0. The number of amides is 3. The number of benzene rings is 2. The second-order valence-corrected chi connectivity index (χ2v) is 10.1. The van der Waals surface area contributed by atoms with E-state index < -0.39 is 6.03 Å². The van der Waals surface area contributed by atoms with E-state index in [9.17, 15) is 9.59 Å². The maximum Gasteiger partial charge on any atom is 0.324 e. The molecule has 4 rings (SSSR count). The summed E-state index contributed by atoms with van der Waals surface area (Å²) in [5.41, 5.74) is 4.63. The van der Waals surface area contributed by atoms with Crippen LogP contribution in [-0.4, -0.2) is 33.8 Å². The van der Waals surface area contributed by atoms with Gasteiger partial charge in [0.15, 0.2) is 0 Å². The van der Waals surface area contributed by atoms with Crippen LogP contribution >= 0.6 is 0 Å². The van der Waals surface area contributed by atoms with Crippen LogP contribution in [0.4, 0.5) is 16.3 Å². The highest BCUT2D eigenvalue weighted by atomic mass is 16.5. The fourth-order valence-electron chi connectivity index (χ4n) is 3.85. The molecule has 2 aromatic heterocycles. The van der Waals surface area contributed by atoms with Crippen molar-refractivity contribution in [2.45, 2.75) is 40.0 Å². The van der Waals surface area contributed by atoms with E-state index in [1.165, 1.54) is 6.20 Å². The van der Waals surface area contributed by atoms with E-state index in [0.717, 1.165) is 22.5 Å². The van der Waals surface area contributed by atoms with E-state index in [1.54, 1.807) is 48.1 Å².